The van der Waals surface area contributed by atoms with Crippen LogP contribution < -0.4 is 10.6 Å². The largest absolute Gasteiger partial charge is 0.351 e. The van der Waals surface area contributed by atoms with E-state index in [1.807, 2.05) is 6.92 Å². The van der Waals surface area contributed by atoms with E-state index in [0.717, 1.165) is 6.54 Å². The van der Waals surface area contributed by atoms with Gasteiger partial charge in [0, 0.05) is 6.54 Å². The normalized spacial score (nSPS) is 15.3. The zero-order valence-electron chi connectivity index (χ0n) is 11.3. The van der Waals surface area contributed by atoms with Gasteiger partial charge in [-0.25, -0.2) is 0 Å². The monoisotopic (exact) mass is 226 g/mol. The molecule has 0 aliphatic rings. The van der Waals surface area contributed by atoms with Gasteiger partial charge in [-0.1, -0.05) is 33.8 Å². The fourth-order valence-corrected chi connectivity index (χ4v) is 1.08. The van der Waals surface area contributed by atoms with Crippen molar-refractivity contribution < 1.29 is 4.79 Å². The molecule has 0 radical (unpaired) electrons. The van der Waals surface area contributed by atoms with Crippen molar-refractivity contribution >= 4 is 5.91 Å². The Bertz CT molecular complexity index is 231. The van der Waals surface area contributed by atoms with Crippen LogP contribution in [0.15, 0.2) is 12.7 Å². The lowest BCUT2D eigenvalue weighted by molar-refractivity contribution is -0.122. The van der Waals surface area contributed by atoms with Crippen LogP contribution in [0.4, 0.5) is 0 Å². The molecule has 3 heteroatoms. The number of carbonyl (C=O) groups is 1. The molecule has 0 aromatic rings. The molecule has 0 aliphatic heterocycles. The van der Waals surface area contributed by atoms with E-state index in [2.05, 4.69) is 44.9 Å². The Hall–Kier alpha value is -0.830. The SMILES string of the molecule is C=CCNC(=O)C(C)NCC(C)C(C)(C)C. The molecule has 0 bridgehead atoms. The molecule has 16 heavy (non-hydrogen) atoms. The Labute approximate surface area is 99.7 Å². The van der Waals surface area contributed by atoms with E-state index in [4.69, 9.17) is 0 Å². The van der Waals surface area contributed by atoms with Crippen LogP contribution in [-0.4, -0.2) is 25.0 Å². The van der Waals surface area contributed by atoms with Crippen LogP contribution in [0.1, 0.15) is 34.6 Å². The number of hydrogen-bond donors (Lipinski definition) is 2. The molecule has 0 fully saturated rings. The maximum Gasteiger partial charge on any atom is 0.237 e. The molecular weight excluding hydrogens is 200 g/mol. The second-order valence-corrected chi connectivity index (χ2v) is 5.43. The van der Waals surface area contributed by atoms with Crippen molar-refractivity contribution in [2.24, 2.45) is 11.3 Å². The standard InChI is InChI=1S/C13H26N2O/c1-7-8-14-12(16)11(3)15-9-10(2)13(4,5)6/h7,10-11,15H,1,8-9H2,2-6H3,(H,14,16). The van der Waals surface area contributed by atoms with Gasteiger partial charge in [-0.3, -0.25) is 4.79 Å². The topological polar surface area (TPSA) is 41.1 Å². The Morgan fingerprint density at radius 1 is 1.38 bits per heavy atom. The average molecular weight is 226 g/mol. The van der Waals surface area contributed by atoms with Crippen molar-refractivity contribution in [2.75, 3.05) is 13.1 Å². The fourth-order valence-electron chi connectivity index (χ4n) is 1.08. The lowest BCUT2D eigenvalue weighted by Gasteiger charge is -2.28. The van der Waals surface area contributed by atoms with Crippen molar-refractivity contribution in [1.29, 1.82) is 0 Å². The number of amides is 1. The van der Waals surface area contributed by atoms with Gasteiger partial charge in [-0.15, -0.1) is 6.58 Å². The maximum absolute atomic E-state index is 11.5. The molecule has 94 valence electrons. The molecule has 2 atom stereocenters. The number of carbonyl (C=O) groups excluding carboxylic acids is 1. The van der Waals surface area contributed by atoms with Crippen molar-refractivity contribution in [3.8, 4) is 0 Å². The molecule has 0 aromatic carbocycles. The summed E-state index contributed by atoms with van der Waals surface area (Å²) in [4.78, 5) is 11.5. The predicted octanol–water partition coefficient (Wildman–Crippen LogP) is 1.95. The van der Waals surface area contributed by atoms with E-state index >= 15 is 0 Å². The summed E-state index contributed by atoms with van der Waals surface area (Å²) >= 11 is 0. The smallest absolute Gasteiger partial charge is 0.237 e. The van der Waals surface area contributed by atoms with E-state index in [1.54, 1.807) is 6.08 Å². The first-order chi connectivity index (χ1) is 7.29. The third-order valence-corrected chi connectivity index (χ3v) is 3.02. The van der Waals surface area contributed by atoms with E-state index < -0.39 is 0 Å². The van der Waals surface area contributed by atoms with Crippen LogP contribution in [0.3, 0.4) is 0 Å². The third kappa shape index (κ3) is 5.91. The molecule has 2 unspecified atom stereocenters. The van der Waals surface area contributed by atoms with E-state index in [9.17, 15) is 4.79 Å². The van der Waals surface area contributed by atoms with Crippen molar-refractivity contribution in [3.05, 3.63) is 12.7 Å². The summed E-state index contributed by atoms with van der Waals surface area (Å²) < 4.78 is 0. The van der Waals surface area contributed by atoms with Crippen molar-refractivity contribution in [3.63, 3.8) is 0 Å². The molecular formula is C13H26N2O. The number of hydrogen-bond acceptors (Lipinski definition) is 2. The highest BCUT2D eigenvalue weighted by atomic mass is 16.2. The summed E-state index contributed by atoms with van der Waals surface area (Å²) in [5.41, 5.74) is 0.268. The molecule has 0 aliphatic carbocycles. The first-order valence-electron chi connectivity index (χ1n) is 5.91. The molecule has 0 aromatic heterocycles. The molecule has 0 rings (SSSR count). The molecule has 0 heterocycles. The maximum atomic E-state index is 11.5. The first kappa shape index (κ1) is 15.2. The van der Waals surface area contributed by atoms with Crippen LogP contribution in [0, 0.1) is 11.3 Å². The van der Waals surface area contributed by atoms with Crippen LogP contribution in [-0.2, 0) is 4.79 Å². The summed E-state index contributed by atoms with van der Waals surface area (Å²) in [5.74, 6) is 0.558. The summed E-state index contributed by atoms with van der Waals surface area (Å²) in [6.45, 7) is 15.7. The van der Waals surface area contributed by atoms with Crippen molar-refractivity contribution in [2.45, 2.75) is 40.7 Å². The molecule has 1 amide bonds. The van der Waals surface area contributed by atoms with Gasteiger partial charge in [0.05, 0.1) is 6.04 Å². The summed E-state index contributed by atoms with van der Waals surface area (Å²) in [6, 6.07) is -0.148. The zero-order valence-corrected chi connectivity index (χ0v) is 11.3. The average Bonchev–Trinajstić information content (AvgIpc) is 2.20. The third-order valence-electron chi connectivity index (χ3n) is 3.02. The molecule has 0 saturated carbocycles. The van der Waals surface area contributed by atoms with E-state index in [0.29, 0.717) is 12.5 Å². The second kappa shape index (κ2) is 6.69. The lowest BCUT2D eigenvalue weighted by Crippen LogP contribution is -2.44. The predicted molar refractivity (Wildman–Crippen MR) is 69.3 cm³/mol. The number of nitrogens with one attached hydrogen (secondary N) is 2. The minimum Gasteiger partial charge on any atom is -0.351 e. The summed E-state index contributed by atoms with van der Waals surface area (Å²) in [6.07, 6.45) is 1.68. The fraction of sp³-hybridized carbons (Fsp3) is 0.769. The minimum atomic E-state index is -0.148. The summed E-state index contributed by atoms with van der Waals surface area (Å²) in [7, 11) is 0. The molecule has 2 N–H and O–H groups in total. The lowest BCUT2D eigenvalue weighted by atomic mass is 9.82. The van der Waals surface area contributed by atoms with Gasteiger partial charge < -0.3 is 10.6 Å². The number of rotatable bonds is 6. The Morgan fingerprint density at radius 2 is 1.94 bits per heavy atom. The van der Waals surface area contributed by atoms with Crippen LogP contribution in [0.2, 0.25) is 0 Å². The van der Waals surface area contributed by atoms with Gasteiger partial charge in [0.1, 0.15) is 0 Å². The van der Waals surface area contributed by atoms with Gasteiger partial charge in [0.25, 0.3) is 0 Å². The quantitative estimate of drug-likeness (QED) is 0.680. The van der Waals surface area contributed by atoms with Gasteiger partial charge >= 0.3 is 0 Å². The highest BCUT2D eigenvalue weighted by molar-refractivity contribution is 5.81. The van der Waals surface area contributed by atoms with Gasteiger partial charge in [-0.05, 0) is 24.8 Å². The Balaban J connectivity index is 3.93. The highest BCUT2D eigenvalue weighted by Gasteiger charge is 2.21. The summed E-state index contributed by atoms with van der Waals surface area (Å²) in [5, 5.41) is 6.03. The van der Waals surface area contributed by atoms with Gasteiger partial charge in [0.15, 0.2) is 0 Å². The van der Waals surface area contributed by atoms with Crippen LogP contribution in [0.25, 0.3) is 0 Å². The Kier molecular flexibility index (Phi) is 6.34. The van der Waals surface area contributed by atoms with Gasteiger partial charge in [-0.2, -0.15) is 0 Å². The van der Waals surface area contributed by atoms with Crippen LogP contribution >= 0.6 is 0 Å². The van der Waals surface area contributed by atoms with E-state index in [1.165, 1.54) is 0 Å². The van der Waals surface area contributed by atoms with Crippen molar-refractivity contribution in [1.82, 2.24) is 10.6 Å². The Morgan fingerprint density at radius 3 is 2.38 bits per heavy atom. The van der Waals surface area contributed by atoms with Gasteiger partial charge in [0.2, 0.25) is 5.91 Å². The molecule has 0 saturated heterocycles. The second-order valence-electron chi connectivity index (χ2n) is 5.43. The van der Waals surface area contributed by atoms with E-state index in [-0.39, 0.29) is 17.4 Å². The van der Waals surface area contributed by atoms with Crippen LogP contribution in [0.5, 0.6) is 0 Å². The first-order valence-corrected chi connectivity index (χ1v) is 5.91. The zero-order chi connectivity index (χ0) is 12.8. The minimum absolute atomic E-state index is 0.0287. The molecule has 3 nitrogen and oxygen atoms in total. The highest BCUT2D eigenvalue weighted by Crippen LogP contribution is 2.24. The molecule has 0 spiro atoms.